The molecule has 2 N–H and O–H groups in total. The number of ether oxygens (including phenoxy) is 2. The Morgan fingerprint density at radius 2 is 1.96 bits per heavy atom. The van der Waals surface area contributed by atoms with Gasteiger partial charge in [-0.3, -0.25) is 9.78 Å². The number of rotatable bonds is 4. The van der Waals surface area contributed by atoms with Gasteiger partial charge in [0.05, 0.1) is 17.8 Å². The molecule has 1 aliphatic carbocycles. The SMILES string of the molecule is Cc1cc2c(cc1C(=O)N[C@@H](c1ccccn1)C1CC(O)C1)OCCO2. The minimum Gasteiger partial charge on any atom is -0.486 e. The summed E-state index contributed by atoms with van der Waals surface area (Å²) in [5, 5.41) is 12.8. The van der Waals surface area contributed by atoms with Crippen LogP contribution in [0.15, 0.2) is 36.5 Å². The summed E-state index contributed by atoms with van der Waals surface area (Å²) in [5.74, 6) is 1.28. The molecule has 1 amide bonds. The molecule has 1 aliphatic heterocycles. The molecule has 1 saturated carbocycles. The summed E-state index contributed by atoms with van der Waals surface area (Å²) in [7, 11) is 0. The van der Waals surface area contributed by atoms with E-state index in [1.54, 1.807) is 12.3 Å². The van der Waals surface area contributed by atoms with Crippen molar-refractivity contribution in [1.29, 1.82) is 0 Å². The second kappa shape index (κ2) is 6.96. The standard InChI is InChI=1S/C20H22N2O4/c1-12-8-17-18(26-7-6-25-17)11-15(12)20(24)22-19(13-9-14(23)10-13)16-4-2-3-5-21-16/h2-5,8,11,13-14,19,23H,6-7,9-10H2,1H3,(H,22,24)/t13?,14?,19-/m1/s1. The van der Waals surface area contributed by atoms with Crippen molar-refractivity contribution in [2.24, 2.45) is 5.92 Å². The topological polar surface area (TPSA) is 80.7 Å². The molecular formula is C20H22N2O4. The predicted octanol–water partition coefficient (Wildman–Crippen LogP) is 2.40. The van der Waals surface area contributed by atoms with Crippen LogP contribution >= 0.6 is 0 Å². The van der Waals surface area contributed by atoms with E-state index in [9.17, 15) is 9.90 Å². The molecule has 26 heavy (non-hydrogen) atoms. The lowest BCUT2D eigenvalue weighted by atomic mass is 9.76. The second-order valence-corrected chi connectivity index (χ2v) is 6.90. The maximum absolute atomic E-state index is 13.0. The maximum atomic E-state index is 13.0. The number of aryl methyl sites for hydroxylation is 1. The first kappa shape index (κ1) is 16.8. The molecule has 0 bridgehead atoms. The van der Waals surface area contributed by atoms with E-state index in [1.165, 1.54) is 0 Å². The molecule has 2 aliphatic rings. The molecular weight excluding hydrogens is 332 g/mol. The number of pyridine rings is 1. The lowest BCUT2D eigenvalue weighted by Crippen LogP contribution is -2.42. The van der Waals surface area contributed by atoms with Gasteiger partial charge in [0.25, 0.3) is 5.91 Å². The van der Waals surface area contributed by atoms with Gasteiger partial charge in [-0.1, -0.05) is 6.07 Å². The van der Waals surface area contributed by atoms with Crippen molar-refractivity contribution in [2.45, 2.75) is 31.9 Å². The number of hydrogen-bond donors (Lipinski definition) is 2. The fraction of sp³-hybridized carbons (Fsp3) is 0.400. The van der Waals surface area contributed by atoms with E-state index in [0.717, 1.165) is 11.3 Å². The number of hydrogen-bond acceptors (Lipinski definition) is 5. The first-order chi connectivity index (χ1) is 12.6. The van der Waals surface area contributed by atoms with Crippen LogP contribution in [-0.2, 0) is 0 Å². The zero-order valence-corrected chi connectivity index (χ0v) is 14.6. The Kier molecular flexibility index (Phi) is 4.51. The van der Waals surface area contributed by atoms with Crippen molar-refractivity contribution in [3.63, 3.8) is 0 Å². The molecule has 1 aromatic carbocycles. The van der Waals surface area contributed by atoms with E-state index in [2.05, 4.69) is 10.3 Å². The van der Waals surface area contributed by atoms with Gasteiger partial charge < -0.3 is 19.9 Å². The maximum Gasteiger partial charge on any atom is 0.252 e. The van der Waals surface area contributed by atoms with Crippen LogP contribution < -0.4 is 14.8 Å². The van der Waals surface area contributed by atoms with Crippen molar-refractivity contribution in [3.8, 4) is 11.5 Å². The van der Waals surface area contributed by atoms with Crippen LogP contribution in [0.3, 0.4) is 0 Å². The number of nitrogens with zero attached hydrogens (tertiary/aromatic N) is 1. The molecule has 1 atom stereocenters. The summed E-state index contributed by atoms with van der Waals surface area (Å²) >= 11 is 0. The van der Waals surface area contributed by atoms with Gasteiger partial charge in [0.15, 0.2) is 11.5 Å². The summed E-state index contributed by atoms with van der Waals surface area (Å²) in [6, 6.07) is 9.03. The van der Waals surface area contributed by atoms with Crippen molar-refractivity contribution < 1.29 is 19.4 Å². The molecule has 0 spiro atoms. The molecule has 1 aromatic heterocycles. The number of fused-ring (bicyclic) bond motifs is 1. The molecule has 6 heteroatoms. The third kappa shape index (κ3) is 3.24. The zero-order valence-electron chi connectivity index (χ0n) is 14.6. The fourth-order valence-corrected chi connectivity index (χ4v) is 3.55. The normalized spacial score (nSPS) is 22.2. The largest absolute Gasteiger partial charge is 0.486 e. The minimum atomic E-state index is -0.292. The average molecular weight is 354 g/mol. The van der Waals surface area contributed by atoms with Crippen LogP contribution in [0.4, 0.5) is 0 Å². The molecule has 0 saturated heterocycles. The van der Waals surface area contributed by atoms with Crippen molar-refractivity contribution >= 4 is 5.91 Å². The van der Waals surface area contributed by atoms with Crippen LogP contribution in [-0.4, -0.2) is 35.3 Å². The van der Waals surface area contributed by atoms with E-state index < -0.39 is 0 Å². The molecule has 4 rings (SSSR count). The van der Waals surface area contributed by atoms with Gasteiger partial charge >= 0.3 is 0 Å². The number of aliphatic hydroxyl groups excluding tert-OH is 1. The van der Waals surface area contributed by atoms with Crippen LogP contribution in [0.25, 0.3) is 0 Å². The third-order valence-corrected chi connectivity index (χ3v) is 5.05. The van der Waals surface area contributed by atoms with E-state index in [1.807, 2.05) is 31.2 Å². The third-order valence-electron chi connectivity index (χ3n) is 5.05. The van der Waals surface area contributed by atoms with Crippen molar-refractivity contribution in [3.05, 3.63) is 53.3 Å². The second-order valence-electron chi connectivity index (χ2n) is 6.90. The predicted molar refractivity (Wildman–Crippen MR) is 95.3 cm³/mol. The van der Waals surface area contributed by atoms with E-state index >= 15 is 0 Å². The smallest absolute Gasteiger partial charge is 0.252 e. The van der Waals surface area contributed by atoms with E-state index in [-0.39, 0.29) is 24.0 Å². The van der Waals surface area contributed by atoms with Gasteiger partial charge in [-0.05, 0) is 55.5 Å². The van der Waals surface area contributed by atoms with E-state index in [0.29, 0.717) is 43.1 Å². The molecule has 0 unspecified atom stereocenters. The van der Waals surface area contributed by atoms with Crippen LogP contribution in [0.1, 0.15) is 40.5 Å². The summed E-state index contributed by atoms with van der Waals surface area (Å²) in [6.07, 6.45) is 2.77. The highest BCUT2D eigenvalue weighted by molar-refractivity contribution is 5.96. The van der Waals surface area contributed by atoms with Gasteiger partial charge in [0.1, 0.15) is 13.2 Å². The Hall–Kier alpha value is -2.60. The molecule has 6 nitrogen and oxygen atoms in total. The molecule has 136 valence electrons. The van der Waals surface area contributed by atoms with Crippen LogP contribution in [0.5, 0.6) is 11.5 Å². The highest BCUT2D eigenvalue weighted by Crippen LogP contribution is 2.38. The van der Waals surface area contributed by atoms with Crippen molar-refractivity contribution in [1.82, 2.24) is 10.3 Å². The van der Waals surface area contributed by atoms with Crippen molar-refractivity contribution in [2.75, 3.05) is 13.2 Å². The lowest BCUT2D eigenvalue weighted by molar-refractivity contribution is 0.0228. The summed E-state index contributed by atoms with van der Waals surface area (Å²) < 4.78 is 11.2. The minimum absolute atomic E-state index is 0.170. The Morgan fingerprint density at radius 1 is 1.23 bits per heavy atom. The Labute approximate surface area is 152 Å². The molecule has 2 heterocycles. The molecule has 2 aromatic rings. The lowest BCUT2D eigenvalue weighted by Gasteiger charge is -2.37. The molecule has 1 fully saturated rings. The fourth-order valence-electron chi connectivity index (χ4n) is 3.55. The quantitative estimate of drug-likeness (QED) is 0.881. The van der Waals surface area contributed by atoms with Gasteiger partial charge in [0.2, 0.25) is 0 Å². The zero-order chi connectivity index (χ0) is 18.1. The summed E-state index contributed by atoms with van der Waals surface area (Å²) in [5.41, 5.74) is 2.21. The first-order valence-corrected chi connectivity index (χ1v) is 8.92. The Morgan fingerprint density at radius 3 is 2.62 bits per heavy atom. The molecule has 0 radical (unpaired) electrons. The Bertz CT molecular complexity index is 803. The number of aromatic nitrogens is 1. The highest BCUT2D eigenvalue weighted by atomic mass is 16.6. The number of benzene rings is 1. The summed E-state index contributed by atoms with van der Waals surface area (Å²) in [6.45, 7) is 2.88. The first-order valence-electron chi connectivity index (χ1n) is 8.92. The monoisotopic (exact) mass is 354 g/mol. The van der Waals surface area contributed by atoms with Gasteiger partial charge in [-0.25, -0.2) is 0 Å². The number of nitrogens with one attached hydrogen (secondary N) is 1. The highest BCUT2D eigenvalue weighted by Gasteiger charge is 2.36. The number of carbonyl (C=O) groups excluding carboxylic acids is 1. The van der Waals surface area contributed by atoms with Crippen LogP contribution in [0.2, 0.25) is 0 Å². The number of carbonyl (C=O) groups is 1. The van der Waals surface area contributed by atoms with E-state index in [4.69, 9.17) is 9.47 Å². The van der Waals surface area contributed by atoms with Gasteiger partial charge in [0, 0.05) is 11.8 Å². The average Bonchev–Trinajstić information content (AvgIpc) is 2.64. The summed E-state index contributed by atoms with van der Waals surface area (Å²) in [4.78, 5) is 17.4. The number of aliphatic hydroxyl groups is 1. The Balaban J connectivity index is 1.59. The number of amides is 1. The van der Waals surface area contributed by atoms with Crippen LogP contribution in [0, 0.1) is 12.8 Å². The van der Waals surface area contributed by atoms with Gasteiger partial charge in [-0.15, -0.1) is 0 Å². The van der Waals surface area contributed by atoms with Gasteiger partial charge in [-0.2, -0.15) is 0 Å².